The van der Waals surface area contributed by atoms with Crippen molar-refractivity contribution in [3.8, 4) is 5.75 Å². The van der Waals surface area contributed by atoms with Gasteiger partial charge in [-0.25, -0.2) is 4.98 Å². The van der Waals surface area contributed by atoms with Crippen molar-refractivity contribution >= 4 is 11.6 Å². The van der Waals surface area contributed by atoms with Crippen LogP contribution in [-0.4, -0.2) is 38.3 Å². The summed E-state index contributed by atoms with van der Waals surface area (Å²) in [5.41, 5.74) is 1.79. The number of methoxy groups -OCH3 is 1. The normalized spacial score (nSPS) is 11.4. The lowest BCUT2D eigenvalue weighted by molar-refractivity contribution is 0.172. The molecule has 0 atom stereocenters. The molecular weight excluding hydrogens is 320 g/mol. The Labute approximate surface area is 148 Å². The predicted molar refractivity (Wildman–Crippen MR) is 98.2 cm³/mol. The van der Waals surface area contributed by atoms with E-state index in [-0.39, 0.29) is 0 Å². The molecule has 136 valence electrons. The van der Waals surface area contributed by atoms with Gasteiger partial charge in [0.2, 0.25) is 5.89 Å². The van der Waals surface area contributed by atoms with Crippen LogP contribution in [0.5, 0.6) is 5.75 Å². The molecule has 0 unspecified atom stereocenters. The maximum Gasteiger partial charge on any atom is 0.214 e. The zero-order valence-electron chi connectivity index (χ0n) is 15.3. The van der Waals surface area contributed by atoms with Crippen molar-refractivity contribution in [2.24, 2.45) is 4.99 Å². The summed E-state index contributed by atoms with van der Waals surface area (Å²) in [6, 6.07) is 7.74. The van der Waals surface area contributed by atoms with Crippen LogP contribution in [0.2, 0.25) is 0 Å². The quantitative estimate of drug-likeness (QED) is 0.435. The molecule has 7 heteroatoms. The van der Waals surface area contributed by atoms with Gasteiger partial charge in [-0.05, 0) is 26.0 Å². The Morgan fingerprint density at radius 1 is 1.28 bits per heavy atom. The van der Waals surface area contributed by atoms with E-state index in [1.165, 1.54) is 0 Å². The maximum absolute atomic E-state index is 5.70. The third kappa shape index (κ3) is 6.11. The minimum absolute atomic E-state index is 0.460. The van der Waals surface area contributed by atoms with E-state index in [0.717, 1.165) is 29.3 Å². The zero-order chi connectivity index (χ0) is 18.1. The molecule has 0 saturated heterocycles. The lowest BCUT2D eigenvalue weighted by atomic mass is 10.3. The molecule has 2 rings (SSSR count). The van der Waals surface area contributed by atoms with Gasteiger partial charge in [0.25, 0.3) is 0 Å². The van der Waals surface area contributed by atoms with Crippen molar-refractivity contribution in [3.63, 3.8) is 0 Å². The summed E-state index contributed by atoms with van der Waals surface area (Å²) in [4.78, 5) is 8.56. The van der Waals surface area contributed by atoms with E-state index in [0.29, 0.717) is 31.6 Å². The van der Waals surface area contributed by atoms with Gasteiger partial charge in [0.15, 0.2) is 5.96 Å². The Morgan fingerprint density at radius 3 is 2.80 bits per heavy atom. The number of aromatic nitrogens is 1. The molecule has 0 saturated carbocycles. The Morgan fingerprint density at radius 2 is 2.12 bits per heavy atom. The van der Waals surface area contributed by atoms with Crippen molar-refractivity contribution in [1.82, 2.24) is 10.3 Å². The number of benzene rings is 1. The second kappa shape index (κ2) is 9.68. The number of anilines is 1. The Hall–Kier alpha value is -2.54. The minimum Gasteiger partial charge on any atom is -0.493 e. The number of rotatable bonds is 8. The van der Waals surface area contributed by atoms with Gasteiger partial charge in [-0.3, -0.25) is 4.99 Å². The second-order valence-electron chi connectivity index (χ2n) is 5.52. The highest BCUT2D eigenvalue weighted by atomic mass is 16.5. The molecule has 0 spiro atoms. The number of hydrogen-bond donors (Lipinski definition) is 2. The van der Waals surface area contributed by atoms with E-state index in [1.807, 2.05) is 38.1 Å². The van der Waals surface area contributed by atoms with E-state index in [4.69, 9.17) is 13.9 Å². The Bertz CT molecular complexity index is 678. The van der Waals surface area contributed by atoms with Crippen molar-refractivity contribution in [2.75, 3.05) is 32.7 Å². The number of aryl methyl sites for hydroxylation is 2. The molecule has 7 nitrogen and oxygen atoms in total. The van der Waals surface area contributed by atoms with E-state index in [2.05, 4.69) is 20.6 Å². The van der Waals surface area contributed by atoms with Gasteiger partial charge in [0.1, 0.15) is 11.5 Å². The smallest absolute Gasteiger partial charge is 0.214 e. The van der Waals surface area contributed by atoms with Gasteiger partial charge >= 0.3 is 0 Å². The van der Waals surface area contributed by atoms with Crippen molar-refractivity contribution in [1.29, 1.82) is 0 Å². The van der Waals surface area contributed by atoms with Crippen molar-refractivity contribution in [3.05, 3.63) is 41.6 Å². The third-order valence-corrected chi connectivity index (χ3v) is 3.56. The molecule has 1 heterocycles. The number of ether oxygens (including phenoxy) is 2. The van der Waals surface area contributed by atoms with Gasteiger partial charge in [0.05, 0.1) is 18.8 Å². The lowest BCUT2D eigenvalue weighted by Crippen LogP contribution is -2.30. The fourth-order valence-electron chi connectivity index (χ4n) is 2.15. The molecule has 0 radical (unpaired) electrons. The van der Waals surface area contributed by atoms with Gasteiger partial charge < -0.3 is 24.5 Å². The van der Waals surface area contributed by atoms with Gasteiger partial charge in [-0.2, -0.15) is 0 Å². The van der Waals surface area contributed by atoms with E-state index in [1.54, 1.807) is 14.2 Å². The SMILES string of the molecule is CN=C(NCc1nc(C)c(C)o1)Nc1cccc(OCCCOC)c1. The molecular formula is C18H26N4O3. The number of nitrogens with zero attached hydrogens (tertiary/aromatic N) is 2. The van der Waals surface area contributed by atoms with Crippen LogP contribution in [0.15, 0.2) is 33.7 Å². The number of hydrogen-bond acceptors (Lipinski definition) is 5. The molecule has 0 aliphatic rings. The van der Waals surface area contributed by atoms with Gasteiger partial charge in [0, 0.05) is 38.9 Å². The van der Waals surface area contributed by atoms with Crippen LogP contribution < -0.4 is 15.4 Å². The third-order valence-electron chi connectivity index (χ3n) is 3.56. The van der Waals surface area contributed by atoms with Crippen LogP contribution in [-0.2, 0) is 11.3 Å². The molecule has 0 aliphatic heterocycles. The largest absolute Gasteiger partial charge is 0.493 e. The molecule has 0 fully saturated rings. The standard InChI is InChI=1S/C18H26N4O3/c1-13-14(2)25-17(21-13)12-20-18(19-3)22-15-7-5-8-16(11-15)24-10-6-9-23-4/h5,7-8,11H,6,9-10,12H2,1-4H3,(H2,19,20,22). The first kappa shape index (κ1) is 18.8. The van der Waals surface area contributed by atoms with E-state index < -0.39 is 0 Å². The number of aliphatic imine (C=N–C) groups is 1. The minimum atomic E-state index is 0.460. The summed E-state index contributed by atoms with van der Waals surface area (Å²) >= 11 is 0. The van der Waals surface area contributed by atoms with Crippen molar-refractivity contribution in [2.45, 2.75) is 26.8 Å². The first-order valence-electron chi connectivity index (χ1n) is 8.24. The maximum atomic E-state index is 5.70. The number of guanidine groups is 1. The van der Waals surface area contributed by atoms with E-state index in [9.17, 15) is 0 Å². The van der Waals surface area contributed by atoms with E-state index >= 15 is 0 Å². The first-order chi connectivity index (χ1) is 12.1. The second-order valence-corrected chi connectivity index (χ2v) is 5.52. The summed E-state index contributed by atoms with van der Waals surface area (Å²) in [7, 11) is 3.40. The molecule has 2 N–H and O–H groups in total. The zero-order valence-corrected chi connectivity index (χ0v) is 15.3. The molecule has 25 heavy (non-hydrogen) atoms. The molecule has 1 aromatic heterocycles. The van der Waals surface area contributed by atoms with Crippen LogP contribution in [0.1, 0.15) is 23.8 Å². The van der Waals surface area contributed by atoms with Crippen LogP contribution in [0.25, 0.3) is 0 Å². The number of nitrogens with one attached hydrogen (secondary N) is 2. The molecule has 1 aromatic carbocycles. The fraction of sp³-hybridized carbons (Fsp3) is 0.444. The topological polar surface area (TPSA) is 80.9 Å². The highest BCUT2D eigenvalue weighted by Gasteiger charge is 2.07. The summed E-state index contributed by atoms with van der Waals surface area (Å²) in [5, 5.41) is 6.41. The highest BCUT2D eigenvalue weighted by Crippen LogP contribution is 2.17. The predicted octanol–water partition coefficient (Wildman–Crippen LogP) is 2.89. The number of oxazole rings is 1. The van der Waals surface area contributed by atoms with Crippen molar-refractivity contribution < 1.29 is 13.9 Å². The summed E-state index contributed by atoms with van der Waals surface area (Å²) in [6.45, 7) is 5.59. The molecule has 2 aromatic rings. The summed E-state index contributed by atoms with van der Waals surface area (Å²) < 4.78 is 16.3. The van der Waals surface area contributed by atoms with Crippen LogP contribution in [0, 0.1) is 13.8 Å². The molecule has 0 aliphatic carbocycles. The first-order valence-corrected chi connectivity index (χ1v) is 8.24. The van der Waals surface area contributed by atoms with Crippen LogP contribution in [0.4, 0.5) is 5.69 Å². The summed E-state index contributed by atoms with van der Waals surface area (Å²) in [6.07, 6.45) is 0.854. The average Bonchev–Trinajstić information content (AvgIpc) is 2.94. The monoisotopic (exact) mass is 346 g/mol. The van der Waals surface area contributed by atoms with Gasteiger partial charge in [-0.1, -0.05) is 6.07 Å². The fourth-order valence-corrected chi connectivity index (χ4v) is 2.15. The lowest BCUT2D eigenvalue weighted by Gasteiger charge is -2.12. The Balaban J connectivity index is 1.88. The van der Waals surface area contributed by atoms with Crippen LogP contribution in [0.3, 0.4) is 0 Å². The Kier molecular flexibility index (Phi) is 7.28. The summed E-state index contributed by atoms with van der Waals surface area (Å²) in [5.74, 6) is 2.90. The molecule has 0 bridgehead atoms. The average molecular weight is 346 g/mol. The van der Waals surface area contributed by atoms with Gasteiger partial charge in [-0.15, -0.1) is 0 Å². The highest BCUT2D eigenvalue weighted by molar-refractivity contribution is 5.93. The molecule has 0 amide bonds. The van der Waals surface area contributed by atoms with Crippen LogP contribution >= 0.6 is 0 Å².